The van der Waals surface area contributed by atoms with Crippen LogP contribution in [0.5, 0.6) is 0 Å². The molecule has 2 rings (SSSR count). The van der Waals surface area contributed by atoms with Crippen molar-refractivity contribution in [3.63, 3.8) is 0 Å². The van der Waals surface area contributed by atoms with Crippen molar-refractivity contribution in [2.45, 2.75) is 12.0 Å². The van der Waals surface area contributed by atoms with Gasteiger partial charge in [-0.2, -0.15) is 0 Å². The second-order valence-electron chi connectivity index (χ2n) is 4.16. The zero-order valence-electron chi connectivity index (χ0n) is 9.27. The molecule has 0 aromatic heterocycles. The van der Waals surface area contributed by atoms with E-state index in [0.29, 0.717) is 12.0 Å². The Hall–Kier alpha value is -1.20. The van der Waals surface area contributed by atoms with E-state index >= 15 is 0 Å². The Labute approximate surface area is 107 Å². The highest BCUT2D eigenvalue weighted by molar-refractivity contribution is 9.10. The van der Waals surface area contributed by atoms with Crippen molar-refractivity contribution in [1.29, 1.82) is 0 Å². The molecular formula is C12H12BrNO3. The number of ether oxygens (including phenoxy) is 1. The number of Topliss-reactive ketones (excluding diaryl/α,β-unsaturated/α-hetero) is 1. The molecule has 0 spiro atoms. The van der Waals surface area contributed by atoms with Gasteiger partial charge >= 0.3 is 5.97 Å². The van der Waals surface area contributed by atoms with E-state index in [1.54, 1.807) is 18.2 Å². The van der Waals surface area contributed by atoms with E-state index in [4.69, 9.17) is 5.73 Å². The molecule has 2 unspecified atom stereocenters. The summed E-state index contributed by atoms with van der Waals surface area (Å²) in [6.07, 6.45) is 0.352. The first-order chi connectivity index (χ1) is 7.99. The third-order valence-corrected chi connectivity index (χ3v) is 3.49. The van der Waals surface area contributed by atoms with Crippen molar-refractivity contribution in [2.75, 3.05) is 7.11 Å². The van der Waals surface area contributed by atoms with Crippen molar-refractivity contribution in [3.05, 3.63) is 34.3 Å². The average Bonchev–Trinajstić information content (AvgIpc) is 3.01. The quantitative estimate of drug-likeness (QED) is 0.678. The predicted molar refractivity (Wildman–Crippen MR) is 65.5 cm³/mol. The van der Waals surface area contributed by atoms with Crippen LogP contribution >= 0.6 is 15.9 Å². The van der Waals surface area contributed by atoms with Crippen LogP contribution in [-0.2, 0) is 9.53 Å². The van der Waals surface area contributed by atoms with Gasteiger partial charge in [0.2, 0.25) is 0 Å². The Morgan fingerprint density at radius 3 is 2.82 bits per heavy atom. The smallest absolute Gasteiger partial charge is 0.326 e. The molecule has 1 saturated carbocycles. The maximum Gasteiger partial charge on any atom is 0.326 e. The second kappa shape index (κ2) is 4.23. The summed E-state index contributed by atoms with van der Waals surface area (Å²) in [5.74, 6) is -1.10. The van der Waals surface area contributed by atoms with Crippen molar-refractivity contribution in [1.82, 2.24) is 0 Å². The van der Waals surface area contributed by atoms with Crippen LogP contribution in [0, 0.1) is 5.92 Å². The third-order valence-electron chi connectivity index (χ3n) is 2.99. The molecule has 1 aromatic rings. The lowest BCUT2D eigenvalue weighted by Crippen LogP contribution is -2.38. The maximum atomic E-state index is 12.1. The predicted octanol–water partition coefficient (Wildman–Crippen LogP) is 1.52. The number of esters is 1. The van der Waals surface area contributed by atoms with Crippen LogP contribution in [0.2, 0.25) is 0 Å². The summed E-state index contributed by atoms with van der Waals surface area (Å²) in [6, 6.07) is 7.04. The normalized spacial score (nSPS) is 26.4. The topological polar surface area (TPSA) is 69.4 Å². The molecule has 1 fully saturated rings. The minimum atomic E-state index is -1.13. The number of ketones is 1. The molecular weight excluding hydrogens is 286 g/mol. The lowest BCUT2D eigenvalue weighted by Gasteiger charge is -2.08. The molecule has 2 N–H and O–H groups in total. The van der Waals surface area contributed by atoms with Gasteiger partial charge in [0.1, 0.15) is 5.54 Å². The molecule has 5 heteroatoms. The number of carbonyl (C=O) groups is 2. The van der Waals surface area contributed by atoms with E-state index in [2.05, 4.69) is 20.7 Å². The van der Waals surface area contributed by atoms with Crippen LogP contribution in [-0.4, -0.2) is 24.4 Å². The van der Waals surface area contributed by atoms with E-state index in [1.807, 2.05) is 6.07 Å². The highest BCUT2D eigenvalue weighted by Gasteiger charge is 2.61. The summed E-state index contributed by atoms with van der Waals surface area (Å²) in [6.45, 7) is 0. The monoisotopic (exact) mass is 297 g/mol. The Morgan fingerprint density at radius 1 is 1.53 bits per heavy atom. The van der Waals surface area contributed by atoms with Gasteiger partial charge in [0.15, 0.2) is 5.78 Å². The number of benzene rings is 1. The Balaban J connectivity index is 2.17. The van der Waals surface area contributed by atoms with Crippen LogP contribution in [0.4, 0.5) is 0 Å². The second-order valence-corrected chi connectivity index (χ2v) is 5.08. The molecule has 1 aliphatic carbocycles. The highest BCUT2D eigenvalue weighted by Crippen LogP contribution is 2.44. The minimum Gasteiger partial charge on any atom is -0.468 e. The molecule has 1 aliphatic rings. The van der Waals surface area contributed by atoms with E-state index in [0.717, 1.165) is 4.47 Å². The van der Waals surface area contributed by atoms with E-state index in [1.165, 1.54) is 7.11 Å². The molecule has 0 amide bonds. The first-order valence-corrected chi connectivity index (χ1v) is 5.95. The third kappa shape index (κ3) is 2.12. The highest BCUT2D eigenvalue weighted by atomic mass is 79.9. The molecule has 0 saturated heterocycles. The Kier molecular flexibility index (Phi) is 3.05. The van der Waals surface area contributed by atoms with Crippen LogP contribution in [0.1, 0.15) is 16.8 Å². The first-order valence-electron chi connectivity index (χ1n) is 5.16. The number of nitrogens with two attached hydrogens (primary N) is 1. The average molecular weight is 298 g/mol. The molecule has 0 bridgehead atoms. The number of hydrogen-bond donors (Lipinski definition) is 1. The Bertz CT molecular complexity index is 488. The van der Waals surface area contributed by atoms with Gasteiger partial charge in [-0.3, -0.25) is 9.59 Å². The number of halogens is 1. The van der Waals surface area contributed by atoms with Gasteiger partial charge in [-0.25, -0.2) is 0 Å². The van der Waals surface area contributed by atoms with E-state index in [9.17, 15) is 9.59 Å². The lowest BCUT2D eigenvalue weighted by molar-refractivity contribution is -0.143. The minimum absolute atomic E-state index is 0.112. The zero-order valence-corrected chi connectivity index (χ0v) is 10.9. The van der Waals surface area contributed by atoms with Gasteiger partial charge in [0.25, 0.3) is 0 Å². The molecule has 2 atom stereocenters. The molecule has 17 heavy (non-hydrogen) atoms. The Morgan fingerprint density at radius 2 is 2.24 bits per heavy atom. The molecule has 0 radical (unpaired) electrons. The van der Waals surface area contributed by atoms with E-state index in [-0.39, 0.29) is 5.78 Å². The van der Waals surface area contributed by atoms with Gasteiger partial charge in [-0.05, 0) is 18.6 Å². The fraction of sp³-hybridized carbons (Fsp3) is 0.333. The zero-order chi connectivity index (χ0) is 12.6. The van der Waals surface area contributed by atoms with Gasteiger partial charge in [-0.15, -0.1) is 0 Å². The van der Waals surface area contributed by atoms with Crippen molar-refractivity contribution in [2.24, 2.45) is 11.7 Å². The van der Waals surface area contributed by atoms with Gasteiger partial charge in [0, 0.05) is 10.0 Å². The van der Waals surface area contributed by atoms with Crippen molar-refractivity contribution >= 4 is 27.7 Å². The van der Waals surface area contributed by atoms with Gasteiger partial charge in [0.05, 0.1) is 13.0 Å². The number of methoxy groups -OCH3 is 1. The SMILES string of the molecule is COC(=O)C1(N)CC1C(=O)c1cccc(Br)c1. The maximum absolute atomic E-state index is 12.1. The summed E-state index contributed by atoms with van der Waals surface area (Å²) in [4.78, 5) is 23.5. The molecule has 1 aromatic carbocycles. The van der Waals surface area contributed by atoms with E-state index < -0.39 is 17.4 Å². The molecule has 4 nitrogen and oxygen atoms in total. The van der Waals surface area contributed by atoms with Crippen LogP contribution in [0.15, 0.2) is 28.7 Å². The molecule has 0 heterocycles. The summed E-state index contributed by atoms with van der Waals surface area (Å²) in [5, 5.41) is 0. The van der Waals surface area contributed by atoms with Crippen LogP contribution in [0.25, 0.3) is 0 Å². The molecule has 0 aliphatic heterocycles. The standard InChI is InChI=1S/C12H12BrNO3/c1-17-11(16)12(14)6-9(12)10(15)7-3-2-4-8(13)5-7/h2-5,9H,6,14H2,1H3. The number of rotatable bonds is 3. The summed E-state index contributed by atoms with van der Waals surface area (Å²) in [7, 11) is 1.27. The van der Waals surface area contributed by atoms with Gasteiger partial charge < -0.3 is 10.5 Å². The fourth-order valence-corrected chi connectivity index (χ4v) is 2.26. The largest absolute Gasteiger partial charge is 0.468 e. The lowest BCUT2D eigenvalue weighted by atomic mass is 10.0. The van der Waals surface area contributed by atoms with Crippen molar-refractivity contribution < 1.29 is 14.3 Å². The summed E-state index contributed by atoms with van der Waals surface area (Å²) >= 11 is 3.30. The fourth-order valence-electron chi connectivity index (χ4n) is 1.86. The first kappa shape index (κ1) is 12.3. The summed E-state index contributed by atoms with van der Waals surface area (Å²) < 4.78 is 5.42. The molecule has 90 valence electrons. The van der Waals surface area contributed by atoms with Crippen LogP contribution in [0.3, 0.4) is 0 Å². The number of hydrogen-bond acceptors (Lipinski definition) is 4. The van der Waals surface area contributed by atoms with Gasteiger partial charge in [-0.1, -0.05) is 28.1 Å². The number of carbonyl (C=O) groups excluding carboxylic acids is 2. The summed E-state index contributed by atoms with van der Waals surface area (Å²) in [5.41, 5.74) is 5.24. The van der Waals surface area contributed by atoms with Crippen molar-refractivity contribution in [3.8, 4) is 0 Å². The van der Waals surface area contributed by atoms with Crippen LogP contribution < -0.4 is 5.73 Å².